The molecule has 2 aromatic heterocycles. The first-order chi connectivity index (χ1) is 10.1. The maximum atomic E-state index is 12.4. The Morgan fingerprint density at radius 3 is 2.90 bits per heavy atom. The Balaban J connectivity index is 1.81. The zero-order chi connectivity index (χ0) is 14.8. The number of anilines is 1. The molecule has 0 aliphatic rings. The van der Waals surface area contributed by atoms with Gasteiger partial charge in [0.05, 0.1) is 11.0 Å². The number of nitrogens with one attached hydrogen (secondary N) is 2. The highest BCUT2D eigenvalue weighted by atomic mass is 32.2. The van der Waals surface area contributed by atoms with Crippen LogP contribution in [0.5, 0.6) is 0 Å². The number of hydrogen-bond donors (Lipinski definition) is 2. The van der Waals surface area contributed by atoms with Crippen LogP contribution >= 0.6 is 23.1 Å². The van der Waals surface area contributed by atoms with Crippen LogP contribution in [0.1, 0.15) is 9.67 Å². The molecule has 0 aliphatic carbocycles. The molecule has 0 bridgehead atoms. The van der Waals surface area contributed by atoms with Gasteiger partial charge in [0.25, 0.3) is 11.7 Å². The first-order valence-electron chi connectivity index (χ1n) is 5.92. The molecule has 0 radical (unpaired) electrons. The number of hydrogen-bond acceptors (Lipinski definition) is 4. The van der Waals surface area contributed by atoms with Crippen molar-refractivity contribution in [2.45, 2.75) is 10.7 Å². The molecule has 8 heteroatoms. The van der Waals surface area contributed by atoms with Gasteiger partial charge in [-0.05, 0) is 23.6 Å². The summed E-state index contributed by atoms with van der Waals surface area (Å²) in [4.78, 5) is 19.8. The second-order valence-electron chi connectivity index (χ2n) is 4.05. The van der Waals surface area contributed by atoms with Gasteiger partial charge in [-0.2, -0.15) is 8.78 Å². The lowest BCUT2D eigenvalue weighted by atomic mass is 10.3. The first-order valence-corrected chi connectivity index (χ1v) is 7.68. The molecule has 3 aromatic rings. The van der Waals surface area contributed by atoms with E-state index in [0.717, 1.165) is 22.4 Å². The zero-order valence-corrected chi connectivity index (χ0v) is 12.1. The lowest BCUT2D eigenvalue weighted by Crippen LogP contribution is -2.12. The lowest BCUT2D eigenvalue weighted by Gasteiger charge is -2.02. The third kappa shape index (κ3) is 3.06. The molecule has 2 heterocycles. The standard InChI is InChI=1S/C13H9F2N3OS2/c14-12(15)21-9-5-6-20-10(9)11(19)18-13-16-7-3-1-2-4-8(7)17-13/h1-6,12H,(H2,16,17,18,19). The molecule has 0 unspecified atom stereocenters. The summed E-state index contributed by atoms with van der Waals surface area (Å²) in [6, 6.07) is 8.84. The van der Waals surface area contributed by atoms with Crippen LogP contribution in [0.15, 0.2) is 40.6 Å². The number of amides is 1. The molecule has 0 spiro atoms. The van der Waals surface area contributed by atoms with E-state index >= 15 is 0 Å². The maximum Gasteiger partial charge on any atom is 0.288 e. The number of H-pyrrole nitrogens is 1. The van der Waals surface area contributed by atoms with Gasteiger partial charge in [-0.25, -0.2) is 4.98 Å². The summed E-state index contributed by atoms with van der Waals surface area (Å²) in [5.74, 6) is -2.72. The van der Waals surface area contributed by atoms with Gasteiger partial charge in [0.15, 0.2) is 0 Å². The number of imidazole rings is 1. The molecule has 0 fully saturated rings. The van der Waals surface area contributed by atoms with Crippen molar-refractivity contribution in [2.24, 2.45) is 0 Å². The zero-order valence-electron chi connectivity index (χ0n) is 10.5. The largest absolute Gasteiger partial charge is 0.324 e. The highest BCUT2D eigenvalue weighted by Gasteiger charge is 2.18. The highest BCUT2D eigenvalue weighted by molar-refractivity contribution is 7.99. The number of carbonyl (C=O) groups is 1. The normalized spacial score (nSPS) is 11.2. The van der Waals surface area contributed by atoms with Crippen molar-refractivity contribution in [3.05, 3.63) is 40.6 Å². The molecule has 1 amide bonds. The van der Waals surface area contributed by atoms with Crippen molar-refractivity contribution in [3.63, 3.8) is 0 Å². The summed E-state index contributed by atoms with van der Waals surface area (Å²) < 4.78 is 24.9. The van der Waals surface area contributed by atoms with Gasteiger partial charge < -0.3 is 4.98 Å². The van der Waals surface area contributed by atoms with E-state index in [9.17, 15) is 13.6 Å². The van der Waals surface area contributed by atoms with Crippen molar-refractivity contribution < 1.29 is 13.6 Å². The van der Waals surface area contributed by atoms with Crippen molar-refractivity contribution >= 4 is 46.0 Å². The average molecular weight is 325 g/mol. The van der Waals surface area contributed by atoms with Gasteiger partial charge in [0.2, 0.25) is 5.95 Å². The van der Waals surface area contributed by atoms with Crippen LogP contribution in [0.2, 0.25) is 0 Å². The number of rotatable bonds is 4. The van der Waals surface area contributed by atoms with Crippen LogP contribution < -0.4 is 5.32 Å². The smallest absolute Gasteiger partial charge is 0.288 e. The summed E-state index contributed by atoms with van der Waals surface area (Å²) in [5.41, 5.74) is 1.52. The lowest BCUT2D eigenvalue weighted by molar-refractivity contribution is 0.102. The third-order valence-electron chi connectivity index (χ3n) is 2.67. The number of benzene rings is 1. The number of alkyl halides is 2. The molecule has 0 atom stereocenters. The molecule has 0 saturated heterocycles. The number of aromatic amines is 1. The Morgan fingerprint density at radius 1 is 1.33 bits per heavy atom. The van der Waals surface area contributed by atoms with Crippen LogP contribution in [0.25, 0.3) is 11.0 Å². The van der Waals surface area contributed by atoms with Gasteiger partial charge in [0.1, 0.15) is 4.88 Å². The number of para-hydroxylation sites is 2. The summed E-state index contributed by atoms with van der Waals surface area (Å²) in [7, 11) is 0. The van der Waals surface area contributed by atoms with Gasteiger partial charge in [0, 0.05) is 4.90 Å². The van der Waals surface area contributed by atoms with Crippen LogP contribution in [-0.4, -0.2) is 21.6 Å². The summed E-state index contributed by atoms with van der Waals surface area (Å²) in [6.45, 7) is 0. The second-order valence-corrected chi connectivity index (χ2v) is 6.00. The number of nitrogens with zero attached hydrogens (tertiary/aromatic N) is 1. The fourth-order valence-corrected chi connectivity index (χ4v) is 3.42. The fourth-order valence-electron chi connectivity index (χ4n) is 1.83. The Kier molecular flexibility index (Phi) is 3.89. The number of thiophene rings is 1. The third-order valence-corrected chi connectivity index (χ3v) is 4.49. The van der Waals surface area contributed by atoms with Gasteiger partial charge in [-0.3, -0.25) is 10.1 Å². The number of halogens is 2. The molecule has 1 aromatic carbocycles. The molecule has 2 N–H and O–H groups in total. The Morgan fingerprint density at radius 2 is 2.14 bits per heavy atom. The van der Waals surface area contributed by atoms with Gasteiger partial charge in [-0.15, -0.1) is 11.3 Å². The monoisotopic (exact) mass is 325 g/mol. The average Bonchev–Trinajstić information content (AvgIpc) is 3.03. The van der Waals surface area contributed by atoms with Crippen molar-refractivity contribution in [3.8, 4) is 0 Å². The summed E-state index contributed by atoms with van der Waals surface area (Å²) in [5, 5.41) is 4.20. The number of aromatic nitrogens is 2. The maximum absolute atomic E-state index is 12.4. The van der Waals surface area contributed by atoms with Crippen molar-refractivity contribution in [1.82, 2.24) is 9.97 Å². The minimum Gasteiger partial charge on any atom is -0.324 e. The Hall–Kier alpha value is -1.93. The summed E-state index contributed by atoms with van der Waals surface area (Å²) >= 11 is 1.48. The number of fused-ring (bicyclic) bond motifs is 1. The van der Waals surface area contributed by atoms with Crippen LogP contribution in [0, 0.1) is 0 Å². The fraction of sp³-hybridized carbons (Fsp3) is 0.0769. The van der Waals surface area contributed by atoms with Gasteiger partial charge in [-0.1, -0.05) is 23.9 Å². The predicted octanol–water partition coefficient (Wildman–Crippen LogP) is 4.19. The second kappa shape index (κ2) is 5.82. The first kappa shape index (κ1) is 14.0. The van der Waals surface area contributed by atoms with E-state index in [-0.39, 0.29) is 9.77 Å². The van der Waals surface area contributed by atoms with E-state index in [1.165, 1.54) is 6.07 Å². The van der Waals surface area contributed by atoms with Crippen LogP contribution in [-0.2, 0) is 0 Å². The number of thioether (sulfide) groups is 1. The SMILES string of the molecule is O=C(Nc1nc2ccccc2[nH]1)c1sccc1SC(F)F. The molecule has 0 aliphatic heterocycles. The van der Waals surface area contributed by atoms with E-state index in [4.69, 9.17) is 0 Å². The summed E-state index contributed by atoms with van der Waals surface area (Å²) in [6.07, 6.45) is 0. The molecule has 3 rings (SSSR count). The van der Waals surface area contributed by atoms with Crippen molar-refractivity contribution in [1.29, 1.82) is 0 Å². The Labute approximate surface area is 126 Å². The van der Waals surface area contributed by atoms with E-state index in [1.54, 1.807) is 5.38 Å². The Bertz CT molecular complexity index is 751. The molecular weight excluding hydrogens is 316 g/mol. The molecule has 108 valence electrons. The molecule has 4 nitrogen and oxygen atoms in total. The minimum absolute atomic E-state index is 0.251. The van der Waals surface area contributed by atoms with Crippen LogP contribution in [0.3, 0.4) is 0 Å². The molecule has 0 saturated carbocycles. The van der Waals surface area contributed by atoms with E-state index < -0.39 is 11.7 Å². The predicted molar refractivity (Wildman–Crippen MR) is 80.2 cm³/mol. The van der Waals surface area contributed by atoms with Crippen molar-refractivity contribution in [2.75, 3.05) is 5.32 Å². The highest BCUT2D eigenvalue weighted by Crippen LogP contribution is 2.32. The minimum atomic E-state index is -2.56. The number of carbonyl (C=O) groups excluding carboxylic acids is 1. The van der Waals surface area contributed by atoms with Crippen LogP contribution in [0.4, 0.5) is 14.7 Å². The van der Waals surface area contributed by atoms with E-state index in [1.807, 2.05) is 24.3 Å². The van der Waals surface area contributed by atoms with E-state index in [0.29, 0.717) is 17.7 Å². The quantitative estimate of drug-likeness (QED) is 0.707. The topological polar surface area (TPSA) is 57.8 Å². The van der Waals surface area contributed by atoms with Gasteiger partial charge >= 0.3 is 0 Å². The molecular formula is C13H9F2N3OS2. The van der Waals surface area contributed by atoms with E-state index in [2.05, 4.69) is 15.3 Å². The molecule has 21 heavy (non-hydrogen) atoms.